The average molecular weight is 347 g/mol. The molecule has 1 aliphatic heterocycles. The highest BCUT2D eigenvalue weighted by atomic mass is 32.1. The predicted molar refractivity (Wildman–Crippen MR) is 89.2 cm³/mol. The highest BCUT2D eigenvalue weighted by molar-refractivity contribution is 7.14. The highest BCUT2D eigenvalue weighted by Gasteiger charge is 2.28. The number of urea groups is 1. The number of carbonyl (C=O) groups excluding carboxylic acids is 2. The summed E-state index contributed by atoms with van der Waals surface area (Å²) in [5.74, 6) is 0.131. The zero-order valence-electron chi connectivity index (χ0n) is 12.8. The molecule has 2 aromatic heterocycles. The number of amides is 2. The van der Waals surface area contributed by atoms with Gasteiger partial charge in [0.25, 0.3) is 0 Å². The van der Waals surface area contributed by atoms with Crippen molar-refractivity contribution in [3.05, 3.63) is 35.5 Å². The van der Waals surface area contributed by atoms with Gasteiger partial charge in [-0.1, -0.05) is 6.07 Å². The van der Waals surface area contributed by atoms with E-state index >= 15 is 0 Å². The molecule has 9 heteroatoms. The van der Waals surface area contributed by atoms with Crippen LogP contribution in [0.25, 0.3) is 0 Å². The van der Waals surface area contributed by atoms with Crippen LogP contribution >= 0.6 is 11.3 Å². The van der Waals surface area contributed by atoms with Crippen molar-refractivity contribution in [3.8, 4) is 0 Å². The van der Waals surface area contributed by atoms with E-state index in [2.05, 4.69) is 15.3 Å². The first-order valence-electron chi connectivity index (χ1n) is 7.50. The Morgan fingerprint density at radius 3 is 3.08 bits per heavy atom. The Morgan fingerprint density at radius 2 is 2.33 bits per heavy atom. The summed E-state index contributed by atoms with van der Waals surface area (Å²) in [4.78, 5) is 33.2. The number of anilines is 2. The van der Waals surface area contributed by atoms with Crippen molar-refractivity contribution in [1.29, 1.82) is 0 Å². The molecule has 8 nitrogen and oxygen atoms in total. The Bertz CT molecular complexity index is 721. The van der Waals surface area contributed by atoms with Crippen LogP contribution in [0.15, 0.2) is 29.8 Å². The number of nitrogens with zero attached hydrogens (tertiary/aromatic N) is 3. The van der Waals surface area contributed by atoms with Crippen LogP contribution in [-0.2, 0) is 4.74 Å². The largest absolute Gasteiger partial charge is 0.459 e. The lowest BCUT2D eigenvalue weighted by Crippen LogP contribution is -2.42. The average Bonchev–Trinajstić information content (AvgIpc) is 3.23. The SMILES string of the molecule is NC(=O)N1CCCC1COC(=O)c1csc(Nc2ccccn2)n1. The number of hydrogen-bond acceptors (Lipinski definition) is 7. The van der Waals surface area contributed by atoms with Gasteiger partial charge in [0.15, 0.2) is 10.8 Å². The van der Waals surface area contributed by atoms with E-state index in [0.717, 1.165) is 12.8 Å². The molecule has 1 fully saturated rings. The Balaban J connectivity index is 1.55. The van der Waals surface area contributed by atoms with Gasteiger partial charge in [-0.25, -0.2) is 19.6 Å². The van der Waals surface area contributed by atoms with E-state index in [1.54, 1.807) is 17.6 Å². The maximum Gasteiger partial charge on any atom is 0.357 e. The first-order valence-corrected chi connectivity index (χ1v) is 8.38. The van der Waals surface area contributed by atoms with Crippen LogP contribution in [0.2, 0.25) is 0 Å². The number of nitrogens with one attached hydrogen (secondary N) is 1. The first-order chi connectivity index (χ1) is 11.6. The van der Waals surface area contributed by atoms with Crippen molar-refractivity contribution in [2.75, 3.05) is 18.5 Å². The van der Waals surface area contributed by atoms with Gasteiger partial charge in [-0.05, 0) is 25.0 Å². The number of hydrogen-bond donors (Lipinski definition) is 2. The first kappa shape index (κ1) is 16.2. The van der Waals surface area contributed by atoms with E-state index < -0.39 is 12.0 Å². The lowest BCUT2D eigenvalue weighted by Gasteiger charge is -2.21. The third kappa shape index (κ3) is 3.80. The van der Waals surface area contributed by atoms with Gasteiger partial charge in [0.05, 0.1) is 6.04 Å². The van der Waals surface area contributed by atoms with E-state index in [9.17, 15) is 9.59 Å². The number of carbonyl (C=O) groups is 2. The topological polar surface area (TPSA) is 110 Å². The summed E-state index contributed by atoms with van der Waals surface area (Å²) in [6.45, 7) is 0.731. The number of likely N-dealkylation sites (tertiary alicyclic amines) is 1. The van der Waals surface area contributed by atoms with Gasteiger partial charge in [-0.3, -0.25) is 0 Å². The molecule has 0 aliphatic carbocycles. The molecule has 0 saturated carbocycles. The van der Waals surface area contributed by atoms with E-state index in [1.807, 2.05) is 12.1 Å². The maximum atomic E-state index is 12.1. The number of aromatic nitrogens is 2. The molecule has 1 saturated heterocycles. The maximum absolute atomic E-state index is 12.1. The van der Waals surface area contributed by atoms with Gasteiger partial charge in [-0.15, -0.1) is 11.3 Å². The second-order valence-corrected chi connectivity index (χ2v) is 6.16. The van der Waals surface area contributed by atoms with Gasteiger partial charge in [0.2, 0.25) is 0 Å². The fraction of sp³-hybridized carbons (Fsp3) is 0.333. The minimum atomic E-state index is -0.517. The Labute approximate surface area is 142 Å². The molecule has 0 aromatic carbocycles. The molecule has 24 heavy (non-hydrogen) atoms. The molecule has 1 aliphatic rings. The van der Waals surface area contributed by atoms with E-state index in [0.29, 0.717) is 17.5 Å². The number of thiazole rings is 1. The fourth-order valence-corrected chi connectivity index (χ4v) is 3.20. The van der Waals surface area contributed by atoms with Gasteiger partial charge in [0, 0.05) is 18.1 Å². The summed E-state index contributed by atoms with van der Waals surface area (Å²) in [6.07, 6.45) is 3.30. The lowest BCUT2D eigenvalue weighted by atomic mass is 10.2. The monoisotopic (exact) mass is 347 g/mol. The number of esters is 1. The van der Waals surface area contributed by atoms with Crippen LogP contribution in [0, 0.1) is 0 Å². The summed E-state index contributed by atoms with van der Waals surface area (Å²) in [5, 5.41) is 5.19. The van der Waals surface area contributed by atoms with Crippen molar-refractivity contribution in [1.82, 2.24) is 14.9 Å². The van der Waals surface area contributed by atoms with Crippen molar-refractivity contribution in [3.63, 3.8) is 0 Å². The van der Waals surface area contributed by atoms with Crippen molar-refractivity contribution < 1.29 is 14.3 Å². The molecule has 0 bridgehead atoms. The third-order valence-electron chi connectivity index (χ3n) is 3.68. The van der Waals surface area contributed by atoms with Gasteiger partial charge in [0.1, 0.15) is 12.4 Å². The summed E-state index contributed by atoms with van der Waals surface area (Å²) in [7, 11) is 0. The van der Waals surface area contributed by atoms with Crippen LogP contribution in [0.1, 0.15) is 23.3 Å². The normalized spacial score (nSPS) is 16.8. The predicted octanol–water partition coefficient (Wildman–Crippen LogP) is 1.98. The number of primary amides is 1. The molecule has 3 rings (SSSR count). The van der Waals surface area contributed by atoms with Crippen LogP contribution in [0.5, 0.6) is 0 Å². The number of rotatable bonds is 5. The molecular formula is C15H17N5O3S. The molecule has 0 spiro atoms. The summed E-state index contributed by atoms with van der Waals surface area (Å²) in [5.41, 5.74) is 5.53. The van der Waals surface area contributed by atoms with E-state index in [4.69, 9.17) is 10.5 Å². The third-order valence-corrected chi connectivity index (χ3v) is 4.44. The van der Waals surface area contributed by atoms with Crippen molar-refractivity contribution in [2.45, 2.75) is 18.9 Å². The number of pyridine rings is 1. The molecule has 1 unspecified atom stereocenters. The fourth-order valence-electron chi connectivity index (χ4n) is 2.52. The second-order valence-electron chi connectivity index (χ2n) is 5.30. The van der Waals surface area contributed by atoms with Crippen LogP contribution < -0.4 is 11.1 Å². The summed E-state index contributed by atoms with van der Waals surface area (Å²) in [6, 6.07) is 4.83. The molecular weight excluding hydrogens is 330 g/mol. The standard InChI is InChI=1S/C15H17N5O3S/c16-14(22)20-7-3-4-10(20)8-23-13(21)11-9-24-15(18-11)19-12-5-1-2-6-17-12/h1-2,5-6,9-10H,3-4,7-8H2,(H2,16,22)(H,17,18,19). The zero-order chi connectivity index (χ0) is 16.9. The molecule has 2 amide bonds. The zero-order valence-corrected chi connectivity index (χ0v) is 13.7. The second kappa shape index (κ2) is 7.26. The Kier molecular flexibility index (Phi) is 4.90. The molecule has 0 radical (unpaired) electrons. The van der Waals surface area contributed by atoms with E-state index in [-0.39, 0.29) is 18.3 Å². The smallest absolute Gasteiger partial charge is 0.357 e. The summed E-state index contributed by atoms with van der Waals surface area (Å²) >= 11 is 1.29. The summed E-state index contributed by atoms with van der Waals surface area (Å²) < 4.78 is 5.27. The Hall–Kier alpha value is -2.68. The Morgan fingerprint density at radius 1 is 1.46 bits per heavy atom. The quantitative estimate of drug-likeness (QED) is 0.800. The molecule has 1 atom stereocenters. The van der Waals surface area contributed by atoms with Gasteiger partial charge in [-0.2, -0.15) is 0 Å². The van der Waals surface area contributed by atoms with Gasteiger partial charge < -0.3 is 20.7 Å². The van der Waals surface area contributed by atoms with Crippen LogP contribution in [0.3, 0.4) is 0 Å². The van der Waals surface area contributed by atoms with Gasteiger partial charge >= 0.3 is 12.0 Å². The van der Waals surface area contributed by atoms with Crippen molar-refractivity contribution in [2.24, 2.45) is 5.73 Å². The number of nitrogens with two attached hydrogens (primary N) is 1. The van der Waals surface area contributed by atoms with Crippen molar-refractivity contribution >= 4 is 34.3 Å². The molecule has 126 valence electrons. The number of ether oxygens (including phenoxy) is 1. The molecule has 3 N–H and O–H groups in total. The van der Waals surface area contributed by atoms with Crippen LogP contribution in [0.4, 0.5) is 15.7 Å². The molecule has 3 heterocycles. The van der Waals surface area contributed by atoms with E-state index in [1.165, 1.54) is 16.2 Å². The highest BCUT2D eigenvalue weighted by Crippen LogP contribution is 2.21. The van der Waals surface area contributed by atoms with Crippen LogP contribution in [-0.4, -0.2) is 46.1 Å². The minimum Gasteiger partial charge on any atom is -0.459 e. The lowest BCUT2D eigenvalue weighted by molar-refractivity contribution is 0.0416. The molecule has 2 aromatic rings. The minimum absolute atomic E-state index is 0.127.